The Morgan fingerprint density at radius 1 is 1.62 bits per heavy atom. The monoisotopic (exact) mass is 178 g/mol. The standard InChI is InChI=1S/C9H10N2O2/c1-6-8-7(3-4-10-6)5-13-9(12)11(8)2/h3-4H,5H2,1-2H3. The smallest absolute Gasteiger partial charge is 0.414 e. The zero-order valence-electron chi connectivity index (χ0n) is 7.57. The first-order valence-electron chi connectivity index (χ1n) is 4.05. The molecule has 1 amide bonds. The Kier molecular flexibility index (Phi) is 1.69. The highest BCUT2D eigenvalue weighted by Gasteiger charge is 2.23. The molecule has 0 N–H and O–H groups in total. The van der Waals surface area contributed by atoms with E-state index in [2.05, 4.69) is 4.98 Å². The first kappa shape index (κ1) is 8.04. The third-order valence-corrected chi connectivity index (χ3v) is 2.15. The normalized spacial score (nSPS) is 15.2. The predicted octanol–water partition coefficient (Wildman–Crippen LogP) is 1.48. The number of cyclic esters (lactones) is 1. The van der Waals surface area contributed by atoms with Gasteiger partial charge in [0.1, 0.15) is 6.61 Å². The molecule has 2 rings (SSSR count). The number of carbonyl (C=O) groups excluding carboxylic acids is 1. The third-order valence-electron chi connectivity index (χ3n) is 2.15. The van der Waals surface area contributed by atoms with Crippen molar-refractivity contribution in [1.29, 1.82) is 0 Å². The number of anilines is 1. The highest BCUT2D eigenvalue weighted by Crippen LogP contribution is 2.27. The number of rotatable bonds is 0. The zero-order valence-corrected chi connectivity index (χ0v) is 7.57. The van der Waals surface area contributed by atoms with Crippen molar-refractivity contribution in [3.63, 3.8) is 0 Å². The van der Waals surface area contributed by atoms with Gasteiger partial charge in [0, 0.05) is 18.8 Å². The minimum absolute atomic E-state index is 0.316. The van der Waals surface area contributed by atoms with Crippen LogP contribution < -0.4 is 4.90 Å². The molecular formula is C9H10N2O2. The van der Waals surface area contributed by atoms with E-state index in [0.29, 0.717) is 6.61 Å². The van der Waals surface area contributed by atoms with Crippen molar-refractivity contribution < 1.29 is 9.53 Å². The van der Waals surface area contributed by atoms with Crippen LogP contribution in [-0.2, 0) is 11.3 Å². The molecule has 0 fully saturated rings. The van der Waals surface area contributed by atoms with Gasteiger partial charge in [0.15, 0.2) is 0 Å². The van der Waals surface area contributed by atoms with Gasteiger partial charge in [0.2, 0.25) is 0 Å². The second-order valence-electron chi connectivity index (χ2n) is 3.02. The summed E-state index contributed by atoms with van der Waals surface area (Å²) in [5.41, 5.74) is 2.74. The number of amides is 1. The molecule has 68 valence electrons. The first-order chi connectivity index (χ1) is 6.20. The number of carbonyl (C=O) groups is 1. The lowest BCUT2D eigenvalue weighted by Crippen LogP contribution is -2.32. The van der Waals surface area contributed by atoms with E-state index in [4.69, 9.17) is 4.74 Å². The predicted molar refractivity (Wildman–Crippen MR) is 47.6 cm³/mol. The molecule has 1 aromatic rings. The number of fused-ring (bicyclic) bond motifs is 1. The Bertz CT molecular complexity index is 363. The summed E-state index contributed by atoms with van der Waals surface area (Å²) in [5, 5.41) is 0. The van der Waals surface area contributed by atoms with E-state index in [1.165, 1.54) is 4.90 Å². The molecule has 0 bridgehead atoms. The van der Waals surface area contributed by atoms with E-state index in [1.54, 1.807) is 13.2 Å². The minimum atomic E-state index is -0.316. The van der Waals surface area contributed by atoms with Crippen LogP contribution in [0.1, 0.15) is 11.3 Å². The molecule has 0 aliphatic carbocycles. The fourth-order valence-electron chi connectivity index (χ4n) is 1.51. The molecule has 13 heavy (non-hydrogen) atoms. The molecule has 1 aromatic heterocycles. The van der Waals surface area contributed by atoms with Gasteiger partial charge in [-0.2, -0.15) is 0 Å². The van der Waals surface area contributed by atoms with Crippen molar-refractivity contribution in [2.75, 3.05) is 11.9 Å². The average Bonchev–Trinajstić information content (AvgIpc) is 2.12. The maximum absolute atomic E-state index is 11.2. The van der Waals surface area contributed by atoms with Crippen molar-refractivity contribution in [2.24, 2.45) is 0 Å². The van der Waals surface area contributed by atoms with Gasteiger partial charge >= 0.3 is 6.09 Å². The third kappa shape index (κ3) is 1.14. The lowest BCUT2D eigenvalue weighted by atomic mass is 10.1. The van der Waals surface area contributed by atoms with Crippen LogP contribution in [0.25, 0.3) is 0 Å². The lowest BCUT2D eigenvalue weighted by Gasteiger charge is -2.26. The zero-order chi connectivity index (χ0) is 9.42. The van der Waals surface area contributed by atoms with Gasteiger partial charge in [-0.15, -0.1) is 0 Å². The van der Waals surface area contributed by atoms with E-state index in [0.717, 1.165) is 16.9 Å². The molecular weight excluding hydrogens is 168 g/mol. The summed E-state index contributed by atoms with van der Waals surface area (Å²) in [4.78, 5) is 16.8. The topological polar surface area (TPSA) is 42.4 Å². The molecule has 2 heterocycles. The van der Waals surface area contributed by atoms with Crippen LogP contribution in [0.15, 0.2) is 12.3 Å². The average molecular weight is 178 g/mol. The van der Waals surface area contributed by atoms with Gasteiger partial charge in [-0.1, -0.05) is 0 Å². The Morgan fingerprint density at radius 3 is 3.15 bits per heavy atom. The number of hydrogen-bond donors (Lipinski definition) is 0. The fraction of sp³-hybridized carbons (Fsp3) is 0.333. The number of hydrogen-bond acceptors (Lipinski definition) is 3. The highest BCUT2D eigenvalue weighted by molar-refractivity contribution is 5.90. The second-order valence-corrected chi connectivity index (χ2v) is 3.02. The van der Waals surface area contributed by atoms with Crippen LogP contribution in [0.4, 0.5) is 10.5 Å². The van der Waals surface area contributed by atoms with Gasteiger partial charge in [0.25, 0.3) is 0 Å². The molecule has 0 radical (unpaired) electrons. The van der Waals surface area contributed by atoms with E-state index >= 15 is 0 Å². The quantitative estimate of drug-likeness (QED) is 0.604. The van der Waals surface area contributed by atoms with Gasteiger partial charge in [-0.3, -0.25) is 9.88 Å². The van der Waals surface area contributed by atoms with Crippen LogP contribution >= 0.6 is 0 Å². The SMILES string of the molecule is Cc1nccc2c1N(C)C(=O)OC2. The summed E-state index contributed by atoms with van der Waals surface area (Å²) in [7, 11) is 1.69. The van der Waals surface area contributed by atoms with E-state index in [1.807, 2.05) is 13.0 Å². The van der Waals surface area contributed by atoms with Crippen LogP contribution in [0.2, 0.25) is 0 Å². The van der Waals surface area contributed by atoms with Crippen molar-refractivity contribution in [3.8, 4) is 0 Å². The summed E-state index contributed by atoms with van der Waals surface area (Å²) in [6, 6.07) is 1.87. The van der Waals surface area contributed by atoms with E-state index < -0.39 is 0 Å². The maximum Gasteiger partial charge on any atom is 0.414 e. The van der Waals surface area contributed by atoms with Gasteiger partial charge < -0.3 is 4.74 Å². The fourth-order valence-corrected chi connectivity index (χ4v) is 1.51. The Morgan fingerprint density at radius 2 is 2.38 bits per heavy atom. The van der Waals surface area contributed by atoms with Crippen molar-refractivity contribution in [3.05, 3.63) is 23.5 Å². The van der Waals surface area contributed by atoms with Crippen LogP contribution in [0.3, 0.4) is 0 Å². The molecule has 0 saturated heterocycles. The number of aromatic nitrogens is 1. The van der Waals surface area contributed by atoms with Gasteiger partial charge in [-0.05, 0) is 13.0 Å². The molecule has 0 atom stereocenters. The summed E-state index contributed by atoms with van der Waals surface area (Å²) in [5.74, 6) is 0. The maximum atomic E-state index is 11.2. The Labute approximate surface area is 76.1 Å². The van der Waals surface area contributed by atoms with E-state index in [9.17, 15) is 4.79 Å². The molecule has 0 aromatic carbocycles. The molecule has 0 spiro atoms. The largest absolute Gasteiger partial charge is 0.444 e. The Hall–Kier alpha value is -1.58. The summed E-state index contributed by atoms with van der Waals surface area (Å²) in [6.07, 6.45) is 1.41. The number of ether oxygens (including phenoxy) is 1. The minimum Gasteiger partial charge on any atom is -0.444 e. The molecule has 4 nitrogen and oxygen atoms in total. The molecule has 1 aliphatic heterocycles. The number of nitrogens with zero attached hydrogens (tertiary/aromatic N) is 2. The van der Waals surface area contributed by atoms with Crippen molar-refractivity contribution in [1.82, 2.24) is 4.98 Å². The molecule has 1 aliphatic rings. The van der Waals surface area contributed by atoms with Crippen molar-refractivity contribution >= 4 is 11.8 Å². The summed E-state index contributed by atoms with van der Waals surface area (Å²) < 4.78 is 4.93. The van der Waals surface area contributed by atoms with Crippen molar-refractivity contribution in [2.45, 2.75) is 13.5 Å². The first-order valence-corrected chi connectivity index (χ1v) is 4.05. The number of pyridine rings is 1. The Balaban J connectivity index is 2.57. The van der Waals surface area contributed by atoms with E-state index in [-0.39, 0.29) is 6.09 Å². The molecule has 0 unspecified atom stereocenters. The summed E-state index contributed by atoms with van der Waals surface area (Å²) >= 11 is 0. The second kappa shape index (κ2) is 2.73. The lowest BCUT2D eigenvalue weighted by molar-refractivity contribution is 0.143. The highest BCUT2D eigenvalue weighted by atomic mass is 16.6. The molecule has 0 saturated carbocycles. The van der Waals surface area contributed by atoms with Gasteiger partial charge in [0.05, 0.1) is 11.4 Å². The van der Waals surface area contributed by atoms with Crippen LogP contribution in [0.5, 0.6) is 0 Å². The van der Waals surface area contributed by atoms with Gasteiger partial charge in [-0.25, -0.2) is 4.79 Å². The molecule has 4 heteroatoms. The van der Waals surface area contributed by atoms with Crippen LogP contribution in [-0.4, -0.2) is 18.1 Å². The van der Waals surface area contributed by atoms with Crippen LogP contribution in [0, 0.1) is 6.92 Å². The summed E-state index contributed by atoms with van der Waals surface area (Å²) in [6.45, 7) is 2.23. The number of aryl methyl sites for hydroxylation is 1.